The van der Waals surface area contributed by atoms with Gasteiger partial charge in [0.1, 0.15) is 6.04 Å². The molecule has 154 valence electrons. The van der Waals surface area contributed by atoms with Crippen molar-refractivity contribution in [2.75, 3.05) is 0 Å². The molecule has 0 spiro atoms. The SMILES string of the molecule is Cc1ccc(CN(C(=O)Cc2ccc(Cl)cc2)C(C)C(=O)NC2CCCC2)cc1. The van der Waals surface area contributed by atoms with Crippen molar-refractivity contribution in [1.82, 2.24) is 10.2 Å². The van der Waals surface area contributed by atoms with Crippen LogP contribution in [0.25, 0.3) is 0 Å². The fourth-order valence-electron chi connectivity index (χ4n) is 3.74. The lowest BCUT2D eigenvalue weighted by molar-refractivity contribution is -0.140. The van der Waals surface area contributed by atoms with Gasteiger partial charge in [-0.15, -0.1) is 0 Å². The predicted octanol–water partition coefficient (Wildman–Crippen LogP) is 4.67. The van der Waals surface area contributed by atoms with Gasteiger partial charge < -0.3 is 10.2 Å². The maximum Gasteiger partial charge on any atom is 0.242 e. The lowest BCUT2D eigenvalue weighted by Gasteiger charge is -2.30. The first-order valence-corrected chi connectivity index (χ1v) is 10.7. The molecule has 1 aliphatic carbocycles. The van der Waals surface area contributed by atoms with E-state index in [2.05, 4.69) is 5.32 Å². The Morgan fingerprint density at radius 1 is 1.03 bits per heavy atom. The number of hydrogen-bond acceptors (Lipinski definition) is 2. The number of hydrogen-bond donors (Lipinski definition) is 1. The number of nitrogens with one attached hydrogen (secondary N) is 1. The Labute approximate surface area is 178 Å². The fraction of sp³-hybridized carbons (Fsp3) is 0.417. The highest BCUT2D eigenvalue weighted by atomic mass is 35.5. The van der Waals surface area contributed by atoms with Crippen LogP contribution < -0.4 is 5.32 Å². The summed E-state index contributed by atoms with van der Waals surface area (Å²) < 4.78 is 0. The minimum Gasteiger partial charge on any atom is -0.352 e. The van der Waals surface area contributed by atoms with E-state index in [0.717, 1.165) is 36.8 Å². The van der Waals surface area contributed by atoms with Crippen LogP contribution in [0.15, 0.2) is 48.5 Å². The van der Waals surface area contributed by atoms with E-state index in [-0.39, 0.29) is 24.3 Å². The average Bonchev–Trinajstić information content (AvgIpc) is 3.21. The van der Waals surface area contributed by atoms with Gasteiger partial charge >= 0.3 is 0 Å². The van der Waals surface area contributed by atoms with Gasteiger partial charge in [-0.2, -0.15) is 0 Å². The molecule has 1 fully saturated rings. The molecule has 0 saturated heterocycles. The maximum absolute atomic E-state index is 13.2. The molecule has 2 aromatic rings. The minimum atomic E-state index is -0.531. The summed E-state index contributed by atoms with van der Waals surface area (Å²) in [6.45, 7) is 4.26. The second-order valence-electron chi connectivity index (χ2n) is 7.98. The number of halogens is 1. The Hall–Kier alpha value is -2.33. The molecule has 0 heterocycles. The van der Waals surface area contributed by atoms with Gasteiger partial charge in [-0.05, 0) is 49.9 Å². The number of nitrogens with zero attached hydrogens (tertiary/aromatic N) is 1. The number of aryl methyl sites for hydroxylation is 1. The van der Waals surface area contributed by atoms with Crippen molar-refractivity contribution in [2.24, 2.45) is 0 Å². The zero-order chi connectivity index (χ0) is 20.8. The summed E-state index contributed by atoms with van der Waals surface area (Å²) in [5.74, 6) is -0.143. The minimum absolute atomic E-state index is 0.0676. The summed E-state index contributed by atoms with van der Waals surface area (Å²) in [7, 11) is 0. The molecule has 1 unspecified atom stereocenters. The van der Waals surface area contributed by atoms with E-state index in [4.69, 9.17) is 11.6 Å². The third-order valence-electron chi connectivity index (χ3n) is 5.61. The van der Waals surface area contributed by atoms with Gasteiger partial charge in [0.05, 0.1) is 6.42 Å². The highest BCUT2D eigenvalue weighted by molar-refractivity contribution is 6.30. The summed E-state index contributed by atoms with van der Waals surface area (Å²) in [6.07, 6.45) is 4.60. The standard InChI is InChI=1S/C24H29ClN2O2/c1-17-7-9-20(10-8-17)16-27(18(2)24(29)26-22-5-3-4-6-22)23(28)15-19-11-13-21(25)14-12-19/h7-14,18,22H,3-6,15-16H2,1-2H3,(H,26,29). The summed E-state index contributed by atoms with van der Waals surface area (Å²) in [4.78, 5) is 27.7. The third kappa shape index (κ3) is 6.07. The van der Waals surface area contributed by atoms with Crippen molar-refractivity contribution in [3.05, 3.63) is 70.2 Å². The zero-order valence-corrected chi connectivity index (χ0v) is 17.9. The molecule has 2 amide bonds. The van der Waals surface area contributed by atoms with Crippen LogP contribution in [0.1, 0.15) is 49.3 Å². The quantitative estimate of drug-likeness (QED) is 0.718. The van der Waals surface area contributed by atoms with Crippen LogP contribution in [0.5, 0.6) is 0 Å². The van der Waals surface area contributed by atoms with E-state index in [1.54, 1.807) is 17.0 Å². The van der Waals surface area contributed by atoms with Crippen LogP contribution in [0.3, 0.4) is 0 Å². The van der Waals surface area contributed by atoms with Crippen LogP contribution in [-0.4, -0.2) is 28.8 Å². The number of carbonyl (C=O) groups excluding carboxylic acids is 2. The highest BCUT2D eigenvalue weighted by Crippen LogP contribution is 2.19. The molecule has 0 aliphatic heterocycles. The Kier molecular flexibility index (Phi) is 7.32. The summed E-state index contributed by atoms with van der Waals surface area (Å²) in [5, 5.41) is 3.77. The summed E-state index contributed by atoms with van der Waals surface area (Å²) in [5.41, 5.74) is 3.07. The molecular formula is C24H29ClN2O2. The molecule has 1 saturated carbocycles. The largest absolute Gasteiger partial charge is 0.352 e. The molecule has 0 radical (unpaired) electrons. The van der Waals surface area contributed by atoms with Crippen LogP contribution in [0, 0.1) is 6.92 Å². The molecule has 3 rings (SSSR count). The lowest BCUT2D eigenvalue weighted by atomic mass is 10.1. The Morgan fingerprint density at radius 2 is 1.62 bits per heavy atom. The van der Waals surface area contributed by atoms with Gasteiger partial charge in [-0.1, -0.05) is 66.4 Å². The first-order chi connectivity index (χ1) is 13.9. The van der Waals surface area contributed by atoms with Crippen molar-refractivity contribution in [1.29, 1.82) is 0 Å². The zero-order valence-electron chi connectivity index (χ0n) is 17.2. The van der Waals surface area contributed by atoms with Gasteiger partial charge in [0.2, 0.25) is 11.8 Å². The smallest absolute Gasteiger partial charge is 0.242 e. The van der Waals surface area contributed by atoms with Gasteiger partial charge in [-0.25, -0.2) is 0 Å². The van der Waals surface area contributed by atoms with E-state index in [0.29, 0.717) is 11.6 Å². The molecule has 5 heteroatoms. The second kappa shape index (κ2) is 9.93. The van der Waals surface area contributed by atoms with E-state index in [1.165, 1.54) is 5.56 Å². The predicted molar refractivity (Wildman–Crippen MR) is 117 cm³/mol. The Bertz CT molecular complexity index is 827. The van der Waals surface area contributed by atoms with Crippen LogP contribution in [-0.2, 0) is 22.6 Å². The van der Waals surface area contributed by atoms with Crippen LogP contribution in [0.4, 0.5) is 0 Å². The molecule has 29 heavy (non-hydrogen) atoms. The maximum atomic E-state index is 13.2. The van der Waals surface area contributed by atoms with Gasteiger partial charge in [0.15, 0.2) is 0 Å². The average molecular weight is 413 g/mol. The first kappa shape index (κ1) is 21.4. The van der Waals surface area contributed by atoms with Crippen molar-refractivity contribution in [3.8, 4) is 0 Å². The molecule has 1 N–H and O–H groups in total. The topological polar surface area (TPSA) is 49.4 Å². The van der Waals surface area contributed by atoms with E-state index in [1.807, 2.05) is 50.2 Å². The van der Waals surface area contributed by atoms with E-state index in [9.17, 15) is 9.59 Å². The van der Waals surface area contributed by atoms with Crippen molar-refractivity contribution in [3.63, 3.8) is 0 Å². The molecule has 1 aliphatic rings. The van der Waals surface area contributed by atoms with Gasteiger partial charge in [-0.3, -0.25) is 9.59 Å². The molecule has 2 aromatic carbocycles. The molecular weight excluding hydrogens is 384 g/mol. The second-order valence-corrected chi connectivity index (χ2v) is 8.41. The number of rotatable bonds is 7. The summed E-state index contributed by atoms with van der Waals surface area (Å²) >= 11 is 5.96. The lowest BCUT2D eigenvalue weighted by Crippen LogP contribution is -2.50. The highest BCUT2D eigenvalue weighted by Gasteiger charge is 2.28. The molecule has 0 bridgehead atoms. The molecule has 1 atom stereocenters. The van der Waals surface area contributed by atoms with Crippen molar-refractivity contribution >= 4 is 23.4 Å². The van der Waals surface area contributed by atoms with E-state index < -0.39 is 6.04 Å². The molecule has 4 nitrogen and oxygen atoms in total. The van der Waals surface area contributed by atoms with Gasteiger partial charge in [0, 0.05) is 17.6 Å². The van der Waals surface area contributed by atoms with Crippen molar-refractivity contribution in [2.45, 2.75) is 64.6 Å². The summed E-state index contributed by atoms with van der Waals surface area (Å²) in [6, 6.07) is 15.1. The number of benzene rings is 2. The number of carbonyl (C=O) groups is 2. The van der Waals surface area contributed by atoms with Gasteiger partial charge in [0.25, 0.3) is 0 Å². The van der Waals surface area contributed by atoms with Crippen molar-refractivity contribution < 1.29 is 9.59 Å². The normalized spacial score (nSPS) is 15.1. The van der Waals surface area contributed by atoms with Crippen LogP contribution >= 0.6 is 11.6 Å². The first-order valence-electron chi connectivity index (χ1n) is 10.3. The number of amides is 2. The monoisotopic (exact) mass is 412 g/mol. The Morgan fingerprint density at radius 3 is 2.24 bits per heavy atom. The fourth-order valence-corrected chi connectivity index (χ4v) is 3.87. The Balaban J connectivity index is 1.75. The molecule has 0 aromatic heterocycles. The third-order valence-corrected chi connectivity index (χ3v) is 5.86. The van der Waals surface area contributed by atoms with Crippen LogP contribution in [0.2, 0.25) is 5.02 Å². The van der Waals surface area contributed by atoms with E-state index >= 15 is 0 Å².